The normalized spacial score (nSPS) is 25.3. The van der Waals surface area contributed by atoms with E-state index in [2.05, 4.69) is 17.4 Å². The smallest absolute Gasteiger partial charge is 0.253 e. The lowest BCUT2D eigenvalue weighted by atomic mass is 9.90. The lowest BCUT2D eigenvalue weighted by Gasteiger charge is -2.29. The molecule has 0 saturated carbocycles. The van der Waals surface area contributed by atoms with Gasteiger partial charge in [0.25, 0.3) is 5.91 Å². The molecule has 6 heteroatoms. The SMILES string of the molecule is O=C(CC[C@@H](O)[C@@H]1Cc2ccccc2CN1)c1ccc(C(=O)N2CC3COCC3C2)cc1. The number of benzene rings is 2. The highest BCUT2D eigenvalue weighted by Gasteiger charge is 2.39. The maximum atomic E-state index is 12.8. The Labute approximate surface area is 188 Å². The fraction of sp³-hybridized carbons (Fsp3) is 0.462. The van der Waals surface area contributed by atoms with Gasteiger partial charge in [-0.2, -0.15) is 0 Å². The Bertz CT molecular complexity index is 978. The van der Waals surface area contributed by atoms with Crippen LogP contribution in [-0.2, 0) is 17.7 Å². The number of Topliss-reactive ketones (excluding diaryl/α,β-unsaturated/α-hetero) is 1. The first-order chi connectivity index (χ1) is 15.6. The van der Waals surface area contributed by atoms with Crippen molar-refractivity contribution in [3.05, 3.63) is 70.8 Å². The lowest BCUT2D eigenvalue weighted by molar-refractivity contribution is 0.0750. The van der Waals surface area contributed by atoms with E-state index in [1.54, 1.807) is 24.3 Å². The molecule has 168 valence electrons. The van der Waals surface area contributed by atoms with Crippen LogP contribution >= 0.6 is 0 Å². The number of aliphatic hydroxyl groups excluding tert-OH is 1. The molecule has 2 N–H and O–H groups in total. The van der Waals surface area contributed by atoms with Crippen LogP contribution in [-0.4, -0.2) is 60.1 Å². The van der Waals surface area contributed by atoms with E-state index in [4.69, 9.17) is 4.74 Å². The number of likely N-dealkylation sites (tertiary alicyclic amines) is 1. The molecule has 2 fully saturated rings. The molecular formula is C26H30N2O4. The minimum atomic E-state index is -0.577. The summed E-state index contributed by atoms with van der Waals surface area (Å²) in [4.78, 5) is 27.4. The molecule has 0 aliphatic carbocycles. The number of nitrogens with zero attached hydrogens (tertiary/aromatic N) is 1. The summed E-state index contributed by atoms with van der Waals surface area (Å²) in [5, 5.41) is 14.0. The Morgan fingerprint density at radius 2 is 1.66 bits per heavy atom. The minimum absolute atomic E-state index is 0.00730. The minimum Gasteiger partial charge on any atom is -0.391 e. The summed E-state index contributed by atoms with van der Waals surface area (Å²) >= 11 is 0. The number of amides is 1. The summed E-state index contributed by atoms with van der Waals surface area (Å²) in [6.07, 6.45) is 0.890. The fourth-order valence-electron chi connectivity index (χ4n) is 5.21. The molecule has 3 heterocycles. The molecule has 2 saturated heterocycles. The maximum Gasteiger partial charge on any atom is 0.253 e. The summed E-state index contributed by atoms with van der Waals surface area (Å²) in [5.74, 6) is 0.932. The van der Waals surface area contributed by atoms with Crippen molar-refractivity contribution in [1.82, 2.24) is 10.2 Å². The van der Waals surface area contributed by atoms with E-state index in [0.717, 1.165) is 39.3 Å². The molecule has 2 aromatic rings. The molecule has 1 amide bonds. The third-order valence-electron chi connectivity index (χ3n) is 7.23. The van der Waals surface area contributed by atoms with Crippen molar-refractivity contribution < 1.29 is 19.4 Å². The van der Waals surface area contributed by atoms with Gasteiger partial charge in [-0.3, -0.25) is 9.59 Å². The van der Waals surface area contributed by atoms with E-state index in [0.29, 0.717) is 29.4 Å². The highest BCUT2D eigenvalue weighted by atomic mass is 16.5. The van der Waals surface area contributed by atoms with Crippen LogP contribution in [0.4, 0.5) is 0 Å². The van der Waals surface area contributed by atoms with E-state index >= 15 is 0 Å². The van der Waals surface area contributed by atoms with E-state index in [1.807, 2.05) is 17.0 Å². The zero-order valence-electron chi connectivity index (χ0n) is 18.2. The van der Waals surface area contributed by atoms with Gasteiger partial charge in [-0.25, -0.2) is 0 Å². The first-order valence-electron chi connectivity index (χ1n) is 11.6. The number of carbonyl (C=O) groups is 2. The summed E-state index contributed by atoms with van der Waals surface area (Å²) in [6, 6.07) is 15.2. The molecule has 3 aliphatic rings. The predicted molar refractivity (Wildman–Crippen MR) is 120 cm³/mol. The van der Waals surface area contributed by atoms with Gasteiger partial charge >= 0.3 is 0 Å². The van der Waals surface area contributed by atoms with Gasteiger partial charge in [-0.15, -0.1) is 0 Å². The Hall–Kier alpha value is -2.54. The Morgan fingerprint density at radius 3 is 2.38 bits per heavy atom. The zero-order chi connectivity index (χ0) is 22.1. The molecular weight excluding hydrogens is 404 g/mol. The molecule has 0 radical (unpaired) electrons. The van der Waals surface area contributed by atoms with E-state index in [1.165, 1.54) is 11.1 Å². The standard InChI is InChI=1S/C26H30N2O4/c29-24(9-10-25(30)23-11-19-3-1-2-4-20(19)12-27-23)17-5-7-18(8-6-17)26(31)28-13-21-15-32-16-22(21)14-28/h1-8,21-23,25,27,30H,9-16H2/t21?,22?,23-,25+/m0/s1. The average molecular weight is 435 g/mol. The third kappa shape index (κ3) is 4.35. The van der Waals surface area contributed by atoms with Gasteiger partial charge in [-0.1, -0.05) is 36.4 Å². The van der Waals surface area contributed by atoms with Gasteiger partial charge in [0.1, 0.15) is 0 Å². The molecule has 6 nitrogen and oxygen atoms in total. The van der Waals surface area contributed by atoms with Gasteiger partial charge in [0, 0.05) is 55.1 Å². The number of ketones is 1. The summed E-state index contributed by atoms with van der Waals surface area (Å²) in [7, 11) is 0. The predicted octanol–water partition coefficient (Wildman–Crippen LogP) is 2.44. The van der Waals surface area contributed by atoms with Crippen molar-refractivity contribution in [2.75, 3.05) is 26.3 Å². The molecule has 32 heavy (non-hydrogen) atoms. The Morgan fingerprint density at radius 1 is 1.00 bits per heavy atom. The molecule has 5 rings (SSSR count). The number of aliphatic hydroxyl groups is 1. The van der Waals surface area contributed by atoms with E-state index in [9.17, 15) is 14.7 Å². The Balaban J connectivity index is 1.13. The third-order valence-corrected chi connectivity index (χ3v) is 7.23. The number of carbonyl (C=O) groups excluding carboxylic acids is 2. The van der Waals surface area contributed by atoms with Crippen LogP contribution in [0.25, 0.3) is 0 Å². The van der Waals surface area contributed by atoms with Crippen molar-refractivity contribution >= 4 is 11.7 Å². The van der Waals surface area contributed by atoms with Crippen molar-refractivity contribution in [2.45, 2.75) is 38.0 Å². The highest BCUT2D eigenvalue weighted by Crippen LogP contribution is 2.30. The molecule has 4 atom stereocenters. The second kappa shape index (κ2) is 9.14. The van der Waals surface area contributed by atoms with Crippen molar-refractivity contribution in [2.24, 2.45) is 11.8 Å². The largest absolute Gasteiger partial charge is 0.391 e. The maximum absolute atomic E-state index is 12.8. The number of hydrogen-bond acceptors (Lipinski definition) is 5. The van der Waals surface area contributed by atoms with Gasteiger partial charge in [-0.05, 0) is 36.1 Å². The van der Waals surface area contributed by atoms with Crippen LogP contribution in [0.5, 0.6) is 0 Å². The topological polar surface area (TPSA) is 78.9 Å². The molecule has 0 spiro atoms. The molecule has 0 aromatic heterocycles. The van der Waals surface area contributed by atoms with Crippen LogP contribution in [0.2, 0.25) is 0 Å². The second-order valence-electron chi connectivity index (χ2n) is 9.33. The van der Waals surface area contributed by atoms with Crippen LogP contribution in [0, 0.1) is 11.8 Å². The van der Waals surface area contributed by atoms with Crippen molar-refractivity contribution in [3.8, 4) is 0 Å². The van der Waals surface area contributed by atoms with Gasteiger partial charge in [0.15, 0.2) is 5.78 Å². The van der Waals surface area contributed by atoms with E-state index < -0.39 is 6.10 Å². The molecule has 0 bridgehead atoms. The Kier molecular flexibility index (Phi) is 6.09. The van der Waals surface area contributed by atoms with Crippen LogP contribution in [0.15, 0.2) is 48.5 Å². The van der Waals surface area contributed by atoms with Gasteiger partial charge in [0.05, 0.1) is 19.3 Å². The first-order valence-corrected chi connectivity index (χ1v) is 11.6. The number of hydrogen-bond donors (Lipinski definition) is 2. The van der Waals surface area contributed by atoms with Crippen molar-refractivity contribution in [1.29, 1.82) is 0 Å². The van der Waals surface area contributed by atoms with Crippen LogP contribution in [0.1, 0.15) is 44.7 Å². The molecule has 3 aliphatic heterocycles. The summed E-state index contributed by atoms with van der Waals surface area (Å²) in [6.45, 7) is 3.74. The van der Waals surface area contributed by atoms with Crippen LogP contribution in [0.3, 0.4) is 0 Å². The number of nitrogens with one attached hydrogen (secondary N) is 1. The number of rotatable bonds is 6. The monoisotopic (exact) mass is 434 g/mol. The van der Waals surface area contributed by atoms with Crippen LogP contribution < -0.4 is 5.32 Å². The molecule has 2 unspecified atom stereocenters. The van der Waals surface area contributed by atoms with Crippen molar-refractivity contribution in [3.63, 3.8) is 0 Å². The average Bonchev–Trinajstić information content (AvgIpc) is 3.44. The second-order valence-corrected chi connectivity index (χ2v) is 9.33. The quantitative estimate of drug-likeness (QED) is 0.683. The molecule has 2 aromatic carbocycles. The van der Waals surface area contributed by atoms with Gasteiger partial charge < -0.3 is 20.1 Å². The zero-order valence-corrected chi connectivity index (χ0v) is 18.2. The van der Waals surface area contributed by atoms with E-state index in [-0.39, 0.29) is 24.2 Å². The lowest BCUT2D eigenvalue weighted by Crippen LogP contribution is -2.44. The fourth-order valence-corrected chi connectivity index (χ4v) is 5.21. The number of ether oxygens (including phenoxy) is 1. The highest BCUT2D eigenvalue weighted by molar-refractivity contribution is 5.98. The van der Waals surface area contributed by atoms with Gasteiger partial charge in [0.2, 0.25) is 0 Å². The summed E-state index contributed by atoms with van der Waals surface area (Å²) in [5.41, 5.74) is 3.73. The first kappa shape index (κ1) is 21.3. The number of fused-ring (bicyclic) bond motifs is 2. The summed E-state index contributed by atoms with van der Waals surface area (Å²) < 4.78 is 5.48.